The topological polar surface area (TPSA) is 62.7 Å². The maximum atomic E-state index is 12.9. The van der Waals surface area contributed by atoms with Crippen LogP contribution in [-0.2, 0) is 24.2 Å². The van der Waals surface area contributed by atoms with Gasteiger partial charge in [0.2, 0.25) is 5.91 Å². The van der Waals surface area contributed by atoms with Crippen molar-refractivity contribution in [2.75, 3.05) is 20.1 Å². The van der Waals surface area contributed by atoms with Crippen LogP contribution in [0.25, 0.3) is 0 Å². The van der Waals surface area contributed by atoms with Crippen molar-refractivity contribution in [3.8, 4) is 0 Å². The zero-order chi connectivity index (χ0) is 21.3. The Morgan fingerprint density at radius 3 is 2.73 bits per heavy atom. The summed E-state index contributed by atoms with van der Waals surface area (Å²) in [6.45, 7) is 9.09. The standard InChI is InChI=1S/C24H35N3O3/c1-5-6-21-7-8-22(29-21)15-27-10-9-18-11-20(12-19(18)14-27)26(4)24(28)13-23-16(2)25-30-17(23)3/h7-8,18-20H,5-6,9-15H2,1-4H3/t18-,19-,20+/m1/s1. The highest BCUT2D eigenvalue weighted by Crippen LogP contribution is 2.40. The van der Waals surface area contributed by atoms with Gasteiger partial charge < -0.3 is 13.8 Å². The van der Waals surface area contributed by atoms with Gasteiger partial charge in [0.1, 0.15) is 17.3 Å². The Bertz CT molecular complexity index is 851. The second-order valence-corrected chi connectivity index (χ2v) is 9.27. The number of fused-ring (bicyclic) bond motifs is 1. The van der Waals surface area contributed by atoms with E-state index in [1.54, 1.807) is 0 Å². The minimum Gasteiger partial charge on any atom is -0.465 e. The summed E-state index contributed by atoms with van der Waals surface area (Å²) in [6, 6.07) is 4.60. The predicted octanol–water partition coefficient (Wildman–Crippen LogP) is 4.14. The van der Waals surface area contributed by atoms with E-state index in [1.165, 1.54) is 6.42 Å². The number of carbonyl (C=O) groups excluding carboxylic acids is 1. The predicted molar refractivity (Wildman–Crippen MR) is 115 cm³/mol. The fraction of sp³-hybridized carbons (Fsp3) is 0.667. The van der Waals surface area contributed by atoms with Crippen molar-refractivity contribution >= 4 is 5.91 Å². The maximum absolute atomic E-state index is 12.9. The number of nitrogens with zero attached hydrogens (tertiary/aromatic N) is 3. The number of furan rings is 1. The van der Waals surface area contributed by atoms with Crippen LogP contribution in [0.5, 0.6) is 0 Å². The van der Waals surface area contributed by atoms with Gasteiger partial charge in [-0.05, 0) is 70.0 Å². The molecule has 2 aromatic rings. The number of hydrogen-bond donors (Lipinski definition) is 0. The van der Waals surface area contributed by atoms with E-state index in [9.17, 15) is 4.79 Å². The molecule has 164 valence electrons. The van der Waals surface area contributed by atoms with E-state index in [2.05, 4.69) is 29.1 Å². The van der Waals surface area contributed by atoms with Gasteiger partial charge in [0.05, 0.1) is 18.7 Å². The molecule has 4 rings (SSSR count). The first kappa shape index (κ1) is 21.2. The van der Waals surface area contributed by atoms with Gasteiger partial charge in [-0.15, -0.1) is 0 Å². The molecule has 1 saturated heterocycles. The molecular weight excluding hydrogens is 378 g/mol. The zero-order valence-electron chi connectivity index (χ0n) is 18.8. The minimum absolute atomic E-state index is 0.170. The molecule has 1 saturated carbocycles. The zero-order valence-corrected chi connectivity index (χ0v) is 18.8. The van der Waals surface area contributed by atoms with Gasteiger partial charge in [0.15, 0.2) is 0 Å². The molecule has 0 unspecified atom stereocenters. The first-order valence-corrected chi connectivity index (χ1v) is 11.4. The second-order valence-electron chi connectivity index (χ2n) is 9.27. The Labute approximate surface area is 179 Å². The van der Waals surface area contributed by atoms with Crippen molar-refractivity contribution in [2.45, 2.75) is 71.9 Å². The minimum atomic E-state index is 0.170. The molecule has 6 nitrogen and oxygen atoms in total. The Morgan fingerprint density at radius 1 is 1.23 bits per heavy atom. The third-order valence-corrected chi connectivity index (χ3v) is 7.17. The molecular formula is C24H35N3O3. The van der Waals surface area contributed by atoms with Crippen LogP contribution in [0, 0.1) is 25.7 Å². The molecule has 1 aliphatic heterocycles. The van der Waals surface area contributed by atoms with E-state index in [1.807, 2.05) is 25.8 Å². The van der Waals surface area contributed by atoms with Gasteiger partial charge in [-0.2, -0.15) is 0 Å². The smallest absolute Gasteiger partial charge is 0.227 e. The number of piperidine rings is 1. The molecule has 3 atom stereocenters. The fourth-order valence-electron chi connectivity index (χ4n) is 5.33. The maximum Gasteiger partial charge on any atom is 0.227 e. The van der Waals surface area contributed by atoms with E-state index in [-0.39, 0.29) is 5.91 Å². The number of likely N-dealkylation sites (N-methyl/N-ethyl adjacent to an activating group) is 1. The summed E-state index contributed by atoms with van der Waals surface area (Å²) in [4.78, 5) is 17.4. The highest BCUT2D eigenvalue weighted by molar-refractivity contribution is 5.79. The van der Waals surface area contributed by atoms with Crippen molar-refractivity contribution < 1.29 is 13.7 Å². The lowest BCUT2D eigenvalue weighted by molar-refractivity contribution is -0.131. The van der Waals surface area contributed by atoms with E-state index in [0.717, 1.165) is 79.8 Å². The van der Waals surface area contributed by atoms with Crippen molar-refractivity contribution in [3.63, 3.8) is 0 Å². The Hall–Kier alpha value is -2.08. The van der Waals surface area contributed by atoms with Gasteiger partial charge in [0, 0.05) is 31.6 Å². The monoisotopic (exact) mass is 413 g/mol. The normalized spacial score (nSPS) is 24.2. The molecule has 2 fully saturated rings. The Morgan fingerprint density at radius 2 is 2.00 bits per heavy atom. The van der Waals surface area contributed by atoms with Crippen LogP contribution in [0.4, 0.5) is 0 Å². The molecule has 1 aliphatic carbocycles. The summed E-state index contributed by atoms with van der Waals surface area (Å²) in [5.41, 5.74) is 1.76. The van der Waals surface area contributed by atoms with E-state index < -0.39 is 0 Å². The highest BCUT2D eigenvalue weighted by Gasteiger charge is 2.40. The van der Waals surface area contributed by atoms with Gasteiger partial charge in [0.25, 0.3) is 0 Å². The number of amides is 1. The second kappa shape index (κ2) is 8.96. The van der Waals surface area contributed by atoms with Crippen LogP contribution in [0.2, 0.25) is 0 Å². The molecule has 30 heavy (non-hydrogen) atoms. The molecule has 0 radical (unpaired) electrons. The molecule has 0 aromatic carbocycles. The summed E-state index contributed by atoms with van der Waals surface area (Å²) in [5.74, 6) is 4.50. The SMILES string of the molecule is CCCc1ccc(CN2CC[C@@H]3C[C@H](N(C)C(=O)Cc4c(C)noc4C)C[C@@H]3C2)o1. The van der Waals surface area contributed by atoms with Gasteiger partial charge >= 0.3 is 0 Å². The summed E-state index contributed by atoms with van der Waals surface area (Å²) < 4.78 is 11.2. The van der Waals surface area contributed by atoms with Crippen LogP contribution in [0.15, 0.2) is 21.1 Å². The quantitative estimate of drug-likeness (QED) is 0.683. The van der Waals surface area contributed by atoms with Crippen LogP contribution < -0.4 is 0 Å². The number of rotatable bonds is 7. The third-order valence-electron chi connectivity index (χ3n) is 7.17. The first-order valence-electron chi connectivity index (χ1n) is 11.4. The summed E-state index contributed by atoms with van der Waals surface area (Å²) >= 11 is 0. The van der Waals surface area contributed by atoms with Crippen molar-refractivity contribution in [3.05, 3.63) is 40.7 Å². The van der Waals surface area contributed by atoms with Gasteiger partial charge in [-0.25, -0.2) is 0 Å². The summed E-state index contributed by atoms with van der Waals surface area (Å²) in [5, 5.41) is 3.98. The lowest BCUT2D eigenvalue weighted by Gasteiger charge is -2.34. The van der Waals surface area contributed by atoms with E-state index in [4.69, 9.17) is 8.94 Å². The molecule has 3 heterocycles. The summed E-state index contributed by atoms with van der Waals surface area (Å²) in [6.07, 6.45) is 5.96. The Balaban J connectivity index is 1.31. The molecule has 6 heteroatoms. The van der Waals surface area contributed by atoms with Crippen molar-refractivity contribution in [1.29, 1.82) is 0 Å². The van der Waals surface area contributed by atoms with E-state index in [0.29, 0.717) is 18.4 Å². The molecule has 2 aliphatic rings. The van der Waals surface area contributed by atoms with Crippen LogP contribution in [0.3, 0.4) is 0 Å². The lowest BCUT2D eigenvalue weighted by atomic mass is 9.89. The summed E-state index contributed by atoms with van der Waals surface area (Å²) in [7, 11) is 1.97. The molecule has 1 amide bonds. The largest absolute Gasteiger partial charge is 0.465 e. The number of carbonyl (C=O) groups is 1. The molecule has 0 N–H and O–H groups in total. The van der Waals surface area contributed by atoms with Gasteiger partial charge in [-0.1, -0.05) is 12.1 Å². The number of hydrogen-bond acceptors (Lipinski definition) is 5. The van der Waals surface area contributed by atoms with Crippen LogP contribution >= 0.6 is 0 Å². The van der Waals surface area contributed by atoms with Crippen molar-refractivity contribution in [2.24, 2.45) is 11.8 Å². The fourth-order valence-corrected chi connectivity index (χ4v) is 5.33. The highest BCUT2D eigenvalue weighted by atomic mass is 16.5. The number of aryl methyl sites for hydroxylation is 3. The third kappa shape index (κ3) is 4.48. The van der Waals surface area contributed by atoms with Crippen molar-refractivity contribution in [1.82, 2.24) is 15.0 Å². The molecule has 2 aromatic heterocycles. The number of aromatic nitrogens is 1. The van der Waals surface area contributed by atoms with Gasteiger partial charge in [-0.3, -0.25) is 9.69 Å². The average Bonchev–Trinajstić information content (AvgIpc) is 3.43. The van der Waals surface area contributed by atoms with Crippen LogP contribution in [0.1, 0.15) is 61.1 Å². The van der Waals surface area contributed by atoms with E-state index >= 15 is 0 Å². The average molecular weight is 414 g/mol. The Kier molecular flexibility index (Phi) is 6.32. The number of likely N-dealkylation sites (tertiary alicyclic amines) is 1. The molecule has 0 spiro atoms. The first-order chi connectivity index (χ1) is 14.4. The van der Waals surface area contributed by atoms with Crippen LogP contribution in [-0.4, -0.2) is 47.0 Å². The molecule has 0 bridgehead atoms. The lowest BCUT2D eigenvalue weighted by Crippen LogP contribution is -2.38.